The summed E-state index contributed by atoms with van der Waals surface area (Å²) in [5, 5.41) is 11.4. The smallest absolute Gasteiger partial charge is 0.274 e. The second-order valence-corrected chi connectivity index (χ2v) is 7.95. The number of benzene rings is 2. The van der Waals surface area contributed by atoms with Gasteiger partial charge in [-0.25, -0.2) is 9.97 Å². The molecule has 0 atom stereocenters. The van der Waals surface area contributed by atoms with E-state index in [-0.39, 0.29) is 11.7 Å². The van der Waals surface area contributed by atoms with Crippen molar-refractivity contribution in [3.63, 3.8) is 0 Å². The number of carbonyl (C=O) groups is 1. The van der Waals surface area contributed by atoms with Crippen molar-refractivity contribution in [3.05, 3.63) is 59.7 Å². The predicted octanol–water partition coefficient (Wildman–Crippen LogP) is 3.74. The number of aromatic amines is 1. The number of hydrogen-bond donors (Lipinski definition) is 2. The summed E-state index contributed by atoms with van der Waals surface area (Å²) in [6, 6.07) is 11.5. The zero-order valence-corrected chi connectivity index (χ0v) is 16.5. The van der Waals surface area contributed by atoms with Crippen LogP contribution in [-0.4, -0.2) is 44.0 Å². The summed E-state index contributed by atoms with van der Waals surface area (Å²) < 4.78 is 6.85. The van der Waals surface area contributed by atoms with Gasteiger partial charge >= 0.3 is 0 Å². The fourth-order valence-electron chi connectivity index (χ4n) is 3.52. The van der Waals surface area contributed by atoms with Crippen molar-refractivity contribution in [1.29, 1.82) is 0 Å². The van der Waals surface area contributed by atoms with Crippen LogP contribution in [0, 0.1) is 6.92 Å². The van der Waals surface area contributed by atoms with Crippen LogP contribution < -0.4 is 4.74 Å². The van der Waals surface area contributed by atoms with Crippen LogP contribution in [0.3, 0.4) is 0 Å². The molecule has 3 heterocycles. The monoisotopic (exact) mass is 406 g/mol. The van der Waals surface area contributed by atoms with Crippen molar-refractivity contribution >= 4 is 27.5 Å². The molecule has 0 fully saturated rings. The number of amides is 1. The van der Waals surface area contributed by atoms with Gasteiger partial charge in [0.2, 0.25) is 0 Å². The molecule has 0 aliphatic carbocycles. The lowest BCUT2D eigenvalue weighted by molar-refractivity contribution is 0.0727. The Morgan fingerprint density at radius 1 is 1.31 bits per heavy atom. The first-order valence-electron chi connectivity index (χ1n) is 9.24. The molecule has 146 valence electrons. The third-order valence-electron chi connectivity index (χ3n) is 4.98. The Morgan fingerprint density at radius 2 is 2.17 bits per heavy atom. The highest BCUT2D eigenvalue weighted by molar-refractivity contribution is 7.21. The molecule has 0 saturated carbocycles. The van der Waals surface area contributed by atoms with Crippen LogP contribution in [0.25, 0.3) is 20.8 Å². The number of carbonyl (C=O) groups excluding carboxylic acids is 1. The van der Waals surface area contributed by atoms with E-state index in [0.717, 1.165) is 32.0 Å². The molecule has 1 aliphatic rings. The Balaban J connectivity index is 1.53. The molecule has 0 bridgehead atoms. The molecule has 2 aromatic carbocycles. The van der Waals surface area contributed by atoms with Crippen LogP contribution in [0.5, 0.6) is 11.5 Å². The van der Waals surface area contributed by atoms with Crippen molar-refractivity contribution < 1.29 is 14.6 Å². The molecule has 2 aromatic heterocycles. The van der Waals surface area contributed by atoms with E-state index in [4.69, 9.17) is 4.74 Å². The van der Waals surface area contributed by atoms with Crippen LogP contribution in [0.1, 0.15) is 21.7 Å². The predicted molar refractivity (Wildman–Crippen MR) is 110 cm³/mol. The average molecular weight is 406 g/mol. The normalized spacial score (nSPS) is 13.8. The van der Waals surface area contributed by atoms with Gasteiger partial charge in [0.25, 0.3) is 5.91 Å². The van der Waals surface area contributed by atoms with E-state index in [1.165, 1.54) is 6.33 Å². The van der Waals surface area contributed by atoms with Crippen molar-refractivity contribution in [2.24, 2.45) is 0 Å². The Morgan fingerprint density at radius 3 is 2.97 bits per heavy atom. The number of imidazole rings is 1. The molecule has 0 saturated heterocycles. The summed E-state index contributed by atoms with van der Waals surface area (Å²) in [6.45, 7) is 2.86. The third kappa shape index (κ3) is 3.11. The number of rotatable bonds is 2. The molecule has 5 rings (SSSR count). The fourth-order valence-corrected chi connectivity index (χ4v) is 4.47. The SMILES string of the molecule is Cc1[nH]cnc1C(=O)N1CCOc2c(O)cc(-c3nc4ccccc4s3)cc2C1. The number of nitrogens with one attached hydrogen (secondary N) is 1. The number of aryl methyl sites for hydroxylation is 1. The van der Waals surface area contributed by atoms with Gasteiger partial charge < -0.3 is 19.7 Å². The van der Waals surface area contributed by atoms with Crippen molar-refractivity contribution in [1.82, 2.24) is 19.9 Å². The number of thiazole rings is 1. The molecule has 1 aliphatic heterocycles. The first kappa shape index (κ1) is 17.7. The zero-order chi connectivity index (χ0) is 20.0. The summed E-state index contributed by atoms with van der Waals surface area (Å²) >= 11 is 1.56. The number of aromatic nitrogens is 3. The number of phenols is 1. The number of para-hydroxylation sites is 1. The highest BCUT2D eigenvalue weighted by atomic mass is 32.1. The number of phenolic OH excluding ortho intramolecular Hbond substituents is 1. The van der Waals surface area contributed by atoms with Gasteiger partial charge in [0.05, 0.1) is 23.1 Å². The van der Waals surface area contributed by atoms with E-state index in [1.54, 1.807) is 22.3 Å². The maximum Gasteiger partial charge on any atom is 0.274 e. The van der Waals surface area contributed by atoms with Gasteiger partial charge in [-0.1, -0.05) is 12.1 Å². The maximum absolute atomic E-state index is 12.9. The van der Waals surface area contributed by atoms with E-state index in [1.807, 2.05) is 37.3 Å². The summed E-state index contributed by atoms with van der Waals surface area (Å²) in [5.41, 5.74) is 3.60. The number of aromatic hydroxyl groups is 1. The summed E-state index contributed by atoms with van der Waals surface area (Å²) in [4.78, 5) is 26.4. The summed E-state index contributed by atoms with van der Waals surface area (Å²) in [6.07, 6.45) is 1.52. The van der Waals surface area contributed by atoms with Gasteiger partial charge in [-0.3, -0.25) is 4.79 Å². The first-order valence-corrected chi connectivity index (χ1v) is 10.1. The van der Waals surface area contributed by atoms with Crippen LogP contribution in [0.15, 0.2) is 42.7 Å². The first-order chi connectivity index (χ1) is 14.1. The van der Waals surface area contributed by atoms with E-state index in [0.29, 0.717) is 31.1 Å². The van der Waals surface area contributed by atoms with Crippen LogP contribution >= 0.6 is 11.3 Å². The number of ether oxygens (including phenoxy) is 1. The Kier molecular flexibility index (Phi) is 4.21. The number of fused-ring (bicyclic) bond motifs is 2. The lowest BCUT2D eigenvalue weighted by Gasteiger charge is -2.19. The van der Waals surface area contributed by atoms with Gasteiger partial charge in [0.15, 0.2) is 11.5 Å². The standard InChI is InChI=1S/C21H18N4O3S/c1-12-18(23-11-22-12)21(27)25-6-7-28-19-14(10-25)8-13(9-16(19)26)20-24-15-4-2-3-5-17(15)29-20/h2-5,8-9,11,26H,6-7,10H2,1H3,(H,22,23). The lowest BCUT2D eigenvalue weighted by atomic mass is 10.1. The van der Waals surface area contributed by atoms with Gasteiger partial charge in [-0.05, 0) is 31.2 Å². The Bertz CT molecular complexity index is 1200. The minimum absolute atomic E-state index is 0.0574. The second kappa shape index (κ2) is 6.89. The Labute approximate surface area is 170 Å². The molecule has 2 N–H and O–H groups in total. The molecule has 0 unspecified atom stereocenters. The largest absolute Gasteiger partial charge is 0.504 e. The number of nitrogens with zero attached hydrogens (tertiary/aromatic N) is 3. The zero-order valence-electron chi connectivity index (χ0n) is 15.7. The quantitative estimate of drug-likeness (QED) is 0.529. The lowest BCUT2D eigenvalue weighted by Crippen LogP contribution is -2.33. The molecular weight excluding hydrogens is 388 g/mol. The number of hydrogen-bond acceptors (Lipinski definition) is 6. The average Bonchev–Trinajstić information content (AvgIpc) is 3.27. The van der Waals surface area contributed by atoms with Crippen molar-refractivity contribution in [2.45, 2.75) is 13.5 Å². The van der Waals surface area contributed by atoms with Gasteiger partial charge in [-0.2, -0.15) is 0 Å². The van der Waals surface area contributed by atoms with Crippen molar-refractivity contribution in [3.8, 4) is 22.1 Å². The molecule has 29 heavy (non-hydrogen) atoms. The van der Waals surface area contributed by atoms with E-state index in [9.17, 15) is 9.90 Å². The molecule has 8 heteroatoms. The van der Waals surface area contributed by atoms with E-state index in [2.05, 4.69) is 15.0 Å². The fraction of sp³-hybridized carbons (Fsp3) is 0.190. The van der Waals surface area contributed by atoms with Crippen LogP contribution in [0.2, 0.25) is 0 Å². The van der Waals surface area contributed by atoms with Crippen LogP contribution in [0.4, 0.5) is 0 Å². The molecule has 0 spiro atoms. The van der Waals surface area contributed by atoms with Crippen molar-refractivity contribution in [2.75, 3.05) is 13.2 Å². The maximum atomic E-state index is 12.9. The highest BCUT2D eigenvalue weighted by Gasteiger charge is 2.26. The Hall–Kier alpha value is -3.39. The molecule has 7 nitrogen and oxygen atoms in total. The highest BCUT2D eigenvalue weighted by Crippen LogP contribution is 2.39. The molecule has 0 radical (unpaired) electrons. The van der Waals surface area contributed by atoms with Gasteiger partial charge in [-0.15, -0.1) is 11.3 Å². The second-order valence-electron chi connectivity index (χ2n) is 6.92. The van der Waals surface area contributed by atoms with E-state index < -0.39 is 0 Å². The minimum atomic E-state index is -0.162. The summed E-state index contributed by atoms with van der Waals surface area (Å²) in [7, 11) is 0. The van der Waals surface area contributed by atoms with Gasteiger partial charge in [0.1, 0.15) is 17.3 Å². The third-order valence-corrected chi connectivity index (χ3v) is 6.06. The summed E-state index contributed by atoms with van der Waals surface area (Å²) in [5.74, 6) is 0.316. The minimum Gasteiger partial charge on any atom is -0.504 e. The van der Waals surface area contributed by atoms with Crippen LogP contribution in [-0.2, 0) is 6.54 Å². The van der Waals surface area contributed by atoms with Gasteiger partial charge in [0, 0.05) is 23.4 Å². The topological polar surface area (TPSA) is 91.3 Å². The van der Waals surface area contributed by atoms with E-state index >= 15 is 0 Å². The molecule has 4 aromatic rings. The molecular formula is C21H18N4O3S. The molecule has 1 amide bonds. The number of H-pyrrole nitrogens is 1.